The molecule has 0 spiro atoms. The van der Waals surface area contributed by atoms with Crippen molar-refractivity contribution in [1.82, 2.24) is 4.72 Å². The van der Waals surface area contributed by atoms with Crippen LogP contribution in [0.5, 0.6) is 0 Å². The normalized spacial score (nSPS) is 13.9. The number of hydrogen-bond donors (Lipinski definition) is 2. The zero-order valence-electron chi connectivity index (χ0n) is 12.9. The lowest BCUT2D eigenvalue weighted by atomic mass is 9.95. The Kier molecular flexibility index (Phi) is 5.03. The lowest BCUT2D eigenvalue weighted by Gasteiger charge is -2.26. The third-order valence-corrected chi connectivity index (χ3v) is 6.86. The molecule has 5 nitrogen and oxygen atoms in total. The minimum atomic E-state index is -3.81. The van der Waals surface area contributed by atoms with Gasteiger partial charge in [-0.1, -0.05) is 6.07 Å². The van der Waals surface area contributed by atoms with E-state index < -0.39 is 15.6 Å². The van der Waals surface area contributed by atoms with Crippen molar-refractivity contribution >= 4 is 32.7 Å². The maximum absolute atomic E-state index is 12.5. The minimum Gasteiger partial charge on any atom is -0.378 e. The Hall–Kier alpha value is -2.02. The van der Waals surface area contributed by atoms with Gasteiger partial charge in [0, 0.05) is 17.0 Å². The van der Waals surface area contributed by atoms with E-state index in [2.05, 4.69) is 4.72 Å². The average molecular weight is 391 g/mol. The molecule has 3 rings (SSSR count). The summed E-state index contributed by atoms with van der Waals surface area (Å²) in [6.07, 6.45) is 0. The molecular weight excluding hydrogens is 376 g/mol. The largest absolute Gasteiger partial charge is 0.378 e. The Morgan fingerprint density at radius 3 is 2.48 bits per heavy atom. The van der Waals surface area contributed by atoms with Gasteiger partial charge in [0.1, 0.15) is 5.60 Å². The monoisotopic (exact) mass is 390 g/mol. The number of thiophene rings is 2. The summed E-state index contributed by atoms with van der Waals surface area (Å²) in [5.41, 5.74) is -0.414. The first-order valence-electron chi connectivity index (χ1n) is 7.24. The van der Waals surface area contributed by atoms with E-state index >= 15 is 0 Å². The quantitative estimate of drug-likeness (QED) is 0.677. The molecule has 0 aliphatic carbocycles. The number of aliphatic hydroxyl groups is 1. The SMILES string of the molecule is N#Cc1ccc(S(=O)(=O)NC[C@](O)(c2ccsc2)c2cccs2)cc1. The van der Waals surface area contributed by atoms with Crippen LogP contribution in [0.1, 0.15) is 16.0 Å². The van der Waals surface area contributed by atoms with Gasteiger partial charge in [0.05, 0.1) is 16.5 Å². The van der Waals surface area contributed by atoms with Crippen molar-refractivity contribution in [3.05, 3.63) is 74.6 Å². The van der Waals surface area contributed by atoms with Crippen molar-refractivity contribution in [2.75, 3.05) is 6.54 Å². The zero-order valence-corrected chi connectivity index (χ0v) is 15.4. The first-order valence-corrected chi connectivity index (χ1v) is 10.6. The lowest BCUT2D eigenvalue weighted by molar-refractivity contribution is 0.0903. The van der Waals surface area contributed by atoms with Crippen LogP contribution >= 0.6 is 22.7 Å². The summed E-state index contributed by atoms with van der Waals surface area (Å²) in [4.78, 5) is 0.707. The van der Waals surface area contributed by atoms with Crippen LogP contribution < -0.4 is 4.72 Å². The van der Waals surface area contributed by atoms with Gasteiger partial charge in [-0.2, -0.15) is 16.6 Å². The van der Waals surface area contributed by atoms with Crippen molar-refractivity contribution < 1.29 is 13.5 Å². The van der Waals surface area contributed by atoms with E-state index in [4.69, 9.17) is 5.26 Å². The van der Waals surface area contributed by atoms with Crippen molar-refractivity contribution in [2.45, 2.75) is 10.5 Å². The molecule has 0 unspecified atom stereocenters. The van der Waals surface area contributed by atoms with Gasteiger partial charge in [-0.15, -0.1) is 11.3 Å². The van der Waals surface area contributed by atoms with Crippen LogP contribution in [0.15, 0.2) is 63.5 Å². The maximum atomic E-state index is 12.5. The van der Waals surface area contributed by atoms with Gasteiger partial charge in [-0.05, 0) is 52.5 Å². The summed E-state index contributed by atoms with van der Waals surface area (Å²) in [7, 11) is -3.81. The highest BCUT2D eigenvalue weighted by atomic mass is 32.2. The predicted octanol–water partition coefficient (Wildman–Crippen LogP) is 2.90. The van der Waals surface area contributed by atoms with Gasteiger partial charge in [-0.25, -0.2) is 13.1 Å². The Morgan fingerprint density at radius 1 is 1.16 bits per heavy atom. The predicted molar refractivity (Wildman–Crippen MR) is 98.0 cm³/mol. The van der Waals surface area contributed by atoms with E-state index in [1.54, 1.807) is 17.5 Å². The number of nitriles is 1. The van der Waals surface area contributed by atoms with Crippen LogP contribution in [0.25, 0.3) is 0 Å². The fraction of sp³-hybridized carbons (Fsp3) is 0.118. The van der Waals surface area contributed by atoms with Gasteiger partial charge < -0.3 is 5.11 Å². The van der Waals surface area contributed by atoms with Crippen molar-refractivity contribution in [3.63, 3.8) is 0 Å². The number of hydrogen-bond acceptors (Lipinski definition) is 6. The molecule has 128 valence electrons. The van der Waals surface area contributed by atoms with E-state index in [1.807, 2.05) is 22.9 Å². The average Bonchev–Trinajstić information content (AvgIpc) is 3.33. The minimum absolute atomic E-state index is 0.0466. The van der Waals surface area contributed by atoms with Crippen molar-refractivity contribution in [2.24, 2.45) is 0 Å². The topological polar surface area (TPSA) is 90.2 Å². The molecule has 2 heterocycles. The van der Waals surface area contributed by atoms with E-state index in [1.165, 1.54) is 46.9 Å². The summed E-state index contributed by atoms with van der Waals surface area (Å²) >= 11 is 2.80. The standard InChI is InChI=1S/C17H14N2O3S3/c18-10-13-3-5-15(6-4-13)25(21,22)19-12-17(20,14-7-9-23-11-14)16-2-1-8-24-16/h1-9,11,19-20H,12H2/t17-/m0/s1. The molecule has 1 atom stereocenters. The summed E-state index contributed by atoms with van der Waals surface area (Å²) < 4.78 is 27.5. The van der Waals surface area contributed by atoms with E-state index in [0.29, 0.717) is 16.0 Å². The summed E-state index contributed by atoms with van der Waals surface area (Å²) in [6.45, 7) is -0.188. The number of nitrogens with one attached hydrogen (secondary N) is 1. The van der Waals surface area contributed by atoms with Crippen LogP contribution in [0.2, 0.25) is 0 Å². The smallest absolute Gasteiger partial charge is 0.240 e. The molecule has 25 heavy (non-hydrogen) atoms. The Morgan fingerprint density at radius 2 is 1.92 bits per heavy atom. The lowest BCUT2D eigenvalue weighted by Crippen LogP contribution is -2.40. The molecule has 2 N–H and O–H groups in total. The van der Waals surface area contributed by atoms with Crippen LogP contribution in [0, 0.1) is 11.3 Å². The van der Waals surface area contributed by atoms with E-state index in [0.717, 1.165) is 0 Å². The summed E-state index contributed by atoms with van der Waals surface area (Å²) in [6, 6.07) is 12.9. The van der Waals surface area contributed by atoms with Gasteiger partial charge in [0.15, 0.2) is 0 Å². The second-order valence-electron chi connectivity index (χ2n) is 5.31. The number of nitrogens with zero attached hydrogens (tertiary/aromatic N) is 1. The molecule has 3 aromatic rings. The van der Waals surface area contributed by atoms with Gasteiger partial charge in [0.25, 0.3) is 0 Å². The number of rotatable bonds is 6. The Labute approximate surface area is 153 Å². The second kappa shape index (κ2) is 7.07. The van der Waals surface area contributed by atoms with Gasteiger partial charge >= 0.3 is 0 Å². The van der Waals surface area contributed by atoms with Gasteiger partial charge in [-0.3, -0.25) is 0 Å². The number of sulfonamides is 1. The molecule has 1 aromatic carbocycles. The Bertz CT molecular complexity index is 937. The van der Waals surface area contributed by atoms with Crippen molar-refractivity contribution in [1.29, 1.82) is 5.26 Å². The van der Waals surface area contributed by atoms with Gasteiger partial charge in [0.2, 0.25) is 10.0 Å². The fourth-order valence-corrected chi connectivity index (χ4v) is 4.97. The molecule has 0 amide bonds. The van der Waals surface area contributed by atoms with Crippen LogP contribution in [0.3, 0.4) is 0 Å². The van der Waals surface area contributed by atoms with Crippen LogP contribution in [-0.2, 0) is 15.6 Å². The van der Waals surface area contributed by atoms with E-state index in [9.17, 15) is 13.5 Å². The highest BCUT2D eigenvalue weighted by molar-refractivity contribution is 7.89. The van der Waals surface area contributed by atoms with E-state index in [-0.39, 0.29) is 11.4 Å². The van der Waals surface area contributed by atoms with Crippen LogP contribution in [-0.4, -0.2) is 20.1 Å². The molecule has 0 bridgehead atoms. The third kappa shape index (κ3) is 3.66. The van der Waals surface area contributed by atoms with Crippen LogP contribution in [0.4, 0.5) is 0 Å². The highest BCUT2D eigenvalue weighted by Gasteiger charge is 2.34. The number of benzene rings is 1. The molecule has 0 saturated heterocycles. The molecule has 8 heteroatoms. The summed E-state index contributed by atoms with van der Waals surface area (Å²) in [5.74, 6) is 0. The maximum Gasteiger partial charge on any atom is 0.240 e. The Balaban J connectivity index is 1.87. The highest BCUT2D eigenvalue weighted by Crippen LogP contribution is 2.33. The first-order chi connectivity index (χ1) is 12.0. The molecule has 2 aromatic heterocycles. The zero-order chi connectivity index (χ0) is 17.9. The molecule has 0 aliphatic heterocycles. The first kappa shape index (κ1) is 17.8. The molecule has 0 radical (unpaired) electrons. The third-order valence-electron chi connectivity index (χ3n) is 3.74. The molecule has 0 aliphatic rings. The molecule has 0 fully saturated rings. The van der Waals surface area contributed by atoms with Crippen molar-refractivity contribution in [3.8, 4) is 6.07 Å². The second-order valence-corrected chi connectivity index (χ2v) is 8.81. The fourth-order valence-electron chi connectivity index (χ4n) is 2.34. The molecular formula is C17H14N2O3S3. The summed E-state index contributed by atoms with van der Waals surface area (Å²) in [5, 5.41) is 25.5. The molecule has 0 saturated carbocycles.